The van der Waals surface area contributed by atoms with Gasteiger partial charge in [0.25, 0.3) is 0 Å². The summed E-state index contributed by atoms with van der Waals surface area (Å²) < 4.78 is 0. The van der Waals surface area contributed by atoms with E-state index in [-0.39, 0.29) is 6.04 Å². The molecule has 0 fully saturated rings. The quantitative estimate of drug-likeness (QED) is 0.786. The molecule has 1 aromatic rings. The van der Waals surface area contributed by atoms with E-state index >= 15 is 0 Å². The van der Waals surface area contributed by atoms with E-state index in [1.54, 1.807) is 17.5 Å². The van der Waals surface area contributed by atoms with Crippen LogP contribution in [0.5, 0.6) is 0 Å². The van der Waals surface area contributed by atoms with Crippen LogP contribution in [0.3, 0.4) is 0 Å². The predicted molar refractivity (Wildman–Crippen MR) is 67.7 cm³/mol. The Morgan fingerprint density at radius 1 is 1.62 bits per heavy atom. The molecule has 0 amide bonds. The smallest absolute Gasteiger partial charge is 0.109 e. The van der Waals surface area contributed by atoms with E-state index in [2.05, 4.69) is 17.2 Å². The van der Waals surface area contributed by atoms with Crippen molar-refractivity contribution in [2.75, 3.05) is 27.2 Å². The number of aromatic nitrogens is 1. The maximum atomic E-state index is 10.1. The Hall–Kier alpha value is -0.490. The second-order valence-corrected chi connectivity index (χ2v) is 5.63. The molecule has 0 spiro atoms. The molecule has 2 N–H and O–H groups in total. The van der Waals surface area contributed by atoms with Gasteiger partial charge in [0.1, 0.15) is 5.01 Å². The van der Waals surface area contributed by atoms with Crippen molar-refractivity contribution < 1.29 is 5.11 Å². The molecule has 0 aromatic carbocycles. The minimum Gasteiger partial charge on any atom is -0.388 e. The van der Waals surface area contributed by atoms with Crippen molar-refractivity contribution in [3.8, 4) is 0 Å². The van der Waals surface area contributed by atoms with E-state index in [4.69, 9.17) is 0 Å². The van der Waals surface area contributed by atoms with Gasteiger partial charge in [-0.3, -0.25) is 0 Å². The molecule has 0 bridgehead atoms. The van der Waals surface area contributed by atoms with Gasteiger partial charge in [-0.25, -0.2) is 4.98 Å². The van der Waals surface area contributed by atoms with Crippen molar-refractivity contribution in [2.45, 2.75) is 25.5 Å². The molecule has 0 aliphatic carbocycles. The molecule has 2 unspecified atom stereocenters. The van der Waals surface area contributed by atoms with Gasteiger partial charge in [-0.15, -0.1) is 11.3 Å². The number of nitrogens with one attached hydrogen (secondary N) is 1. The highest BCUT2D eigenvalue weighted by Crippen LogP contribution is 2.15. The largest absolute Gasteiger partial charge is 0.388 e. The highest BCUT2D eigenvalue weighted by Gasteiger charge is 2.22. The van der Waals surface area contributed by atoms with Crippen molar-refractivity contribution in [3.05, 3.63) is 16.6 Å². The lowest BCUT2D eigenvalue weighted by molar-refractivity contribution is 0.0317. The summed E-state index contributed by atoms with van der Waals surface area (Å²) in [5.74, 6) is 0. The third-order valence-electron chi connectivity index (χ3n) is 2.27. The number of rotatable bonds is 6. The fourth-order valence-corrected chi connectivity index (χ4v) is 2.32. The molecule has 0 saturated heterocycles. The van der Waals surface area contributed by atoms with Gasteiger partial charge >= 0.3 is 0 Å². The zero-order valence-electron chi connectivity index (χ0n) is 10.4. The van der Waals surface area contributed by atoms with E-state index in [0.29, 0.717) is 13.1 Å². The van der Waals surface area contributed by atoms with Gasteiger partial charge in [-0.05, 0) is 27.9 Å². The standard InChI is InChI=1S/C11H21N3OS/c1-9(10-12-5-6-16-10)13-7-11(2,15)8-14(3)4/h5-6,9,13,15H,7-8H2,1-4H3. The van der Waals surface area contributed by atoms with Crippen LogP contribution in [-0.4, -0.2) is 47.8 Å². The molecule has 92 valence electrons. The lowest BCUT2D eigenvalue weighted by Gasteiger charge is -2.28. The number of aliphatic hydroxyl groups is 1. The molecular weight excluding hydrogens is 222 g/mol. The van der Waals surface area contributed by atoms with Gasteiger partial charge < -0.3 is 15.3 Å². The van der Waals surface area contributed by atoms with Crippen LogP contribution in [0.4, 0.5) is 0 Å². The van der Waals surface area contributed by atoms with Crippen molar-refractivity contribution >= 4 is 11.3 Å². The summed E-state index contributed by atoms with van der Waals surface area (Å²) in [6.07, 6.45) is 1.80. The second-order valence-electron chi connectivity index (χ2n) is 4.71. The average Bonchev–Trinajstić information content (AvgIpc) is 2.64. The highest BCUT2D eigenvalue weighted by molar-refractivity contribution is 7.09. The van der Waals surface area contributed by atoms with Crippen molar-refractivity contribution in [1.29, 1.82) is 0 Å². The van der Waals surface area contributed by atoms with Gasteiger partial charge in [0.2, 0.25) is 0 Å². The van der Waals surface area contributed by atoms with Crippen molar-refractivity contribution in [1.82, 2.24) is 15.2 Å². The van der Waals surface area contributed by atoms with Gasteiger partial charge in [0.05, 0.1) is 11.6 Å². The zero-order chi connectivity index (χ0) is 12.2. The third kappa shape index (κ3) is 4.57. The highest BCUT2D eigenvalue weighted by atomic mass is 32.1. The van der Waals surface area contributed by atoms with Crippen LogP contribution >= 0.6 is 11.3 Å². The fourth-order valence-electron chi connectivity index (χ4n) is 1.65. The molecule has 0 aliphatic heterocycles. The molecule has 1 rings (SSSR count). The third-order valence-corrected chi connectivity index (χ3v) is 3.23. The lowest BCUT2D eigenvalue weighted by atomic mass is 10.1. The molecule has 5 heteroatoms. The first-order valence-electron chi connectivity index (χ1n) is 5.40. The van der Waals surface area contributed by atoms with E-state index in [1.807, 2.05) is 31.3 Å². The fraction of sp³-hybridized carbons (Fsp3) is 0.727. The first kappa shape index (κ1) is 13.6. The van der Waals surface area contributed by atoms with Crippen LogP contribution in [0.1, 0.15) is 24.9 Å². The summed E-state index contributed by atoms with van der Waals surface area (Å²) in [6.45, 7) is 5.11. The van der Waals surface area contributed by atoms with Crippen LogP contribution < -0.4 is 5.32 Å². The topological polar surface area (TPSA) is 48.4 Å². The van der Waals surface area contributed by atoms with E-state index in [9.17, 15) is 5.11 Å². The van der Waals surface area contributed by atoms with E-state index in [0.717, 1.165) is 5.01 Å². The number of likely N-dealkylation sites (N-methyl/N-ethyl adjacent to an activating group) is 1. The van der Waals surface area contributed by atoms with Gasteiger partial charge in [-0.1, -0.05) is 0 Å². The van der Waals surface area contributed by atoms with Gasteiger partial charge in [0.15, 0.2) is 0 Å². The summed E-state index contributed by atoms with van der Waals surface area (Å²) in [6, 6.07) is 0.189. The first-order chi connectivity index (χ1) is 7.41. The van der Waals surface area contributed by atoms with E-state index < -0.39 is 5.60 Å². The molecule has 2 atom stereocenters. The normalized spacial score (nSPS) is 17.4. The summed E-state index contributed by atoms with van der Waals surface area (Å²) in [7, 11) is 3.91. The minimum atomic E-state index is -0.713. The maximum absolute atomic E-state index is 10.1. The maximum Gasteiger partial charge on any atom is 0.109 e. The molecule has 0 aliphatic rings. The van der Waals surface area contributed by atoms with Gasteiger partial charge in [0, 0.05) is 24.7 Å². The number of hydrogen-bond donors (Lipinski definition) is 2. The predicted octanol–water partition coefficient (Wildman–Crippen LogP) is 1.11. The molecule has 1 heterocycles. The van der Waals surface area contributed by atoms with Crippen LogP contribution in [0.25, 0.3) is 0 Å². The Bertz CT molecular complexity index is 298. The van der Waals surface area contributed by atoms with Crippen molar-refractivity contribution in [2.24, 2.45) is 0 Å². The summed E-state index contributed by atoms with van der Waals surface area (Å²) in [4.78, 5) is 6.22. The molecule has 0 radical (unpaired) electrons. The van der Waals surface area contributed by atoms with Gasteiger partial charge in [-0.2, -0.15) is 0 Å². The Kier molecular flexibility index (Phi) is 4.86. The Morgan fingerprint density at radius 2 is 2.31 bits per heavy atom. The minimum absolute atomic E-state index is 0.189. The first-order valence-corrected chi connectivity index (χ1v) is 6.28. The van der Waals surface area contributed by atoms with Crippen LogP contribution in [0.15, 0.2) is 11.6 Å². The molecule has 1 aromatic heterocycles. The second kappa shape index (κ2) is 5.72. The van der Waals surface area contributed by atoms with Crippen LogP contribution in [0, 0.1) is 0 Å². The Labute approximate surface area is 101 Å². The monoisotopic (exact) mass is 243 g/mol. The van der Waals surface area contributed by atoms with E-state index in [1.165, 1.54) is 0 Å². The number of hydrogen-bond acceptors (Lipinski definition) is 5. The van der Waals surface area contributed by atoms with Crippen LogP contribution in [0.2, 0.25) is 0 Å². The molecule has 0 saturated carbocycles. The summed E-state index contributed by atoms with van der Waals surface area (Å²) >= 11 is 1.63. The SMILES string of the molecule is CC(NCC(C)(O)CN(C)C)c1nccs1. The van der Waals surface area contributed by atoms with Crippen LogP contribution in [-0.2, 0) is 0 Å². The number of thiazole rings is 1. The Morgan fingerprint density at radius 3 is 2.81 bits per heavy atom. The Balaban J connectivity index is 2.39. The molecular formula is C11H21N3OS. The average molecular weight is 243 g/mol. The zero-order valence-corrected chi connectivity index (χ0v) is 11.2. The number of nitrogens with zero attached hydrogens (tertiary/aromatic N) is 2. The summed E-state index contributed by atoms with van der Waals surface area (Å²) in [5.41, 5.74) is -0.713. The summed E-state index contributed by atoms with van der Waals surface area (Å²) in [5, 5.41) is 16.4. The molecule has 16 heavy (non-hydrogen) atoms. The lowest BCUT2D eigenvalue weighted by Crippen LogP contribution is -2.46. The molecule has 4 nitrogen and oxygen atoms in total. The van der Waals surface area contributed by atoms with Crippen molar-refractivity contribution in [3.63, 3.8) is 0 Å².